The summed E-state index contributed by atoms with van der Waals surface area (Å²) < 4.78 is 13.3. The van der Waals surface area contributed by atoms with Gasteiger partial charge >= 0.3 is 0 Å². The number of nitrogens with one attached hydrogen (secondary N) is 2. The Kier molecular flexibility index (Phi) is 7.68. The Morgan fingerprint density at radius 3 is 2.69 bits per heavy atom. The van der Waals surface area contributed by atoms with Crippen molar-refractivity contribution in [1.29, 1.82) is 0 Å². The zero-order chi connectivity index (χ0) is 26.1. The van der Waals surface area contributed by atoms with Gasteiger partial charge in [0.25, 0.3) is 0 Å². The van der Waals surface area contributed by atoms with Gasteiger partial charge in [-0.2, -0.15) is 0 Å². The topological polar surface area (TPSA) is 115 Å². The molecule has 11 heteroatoms. The second-order valence-corrected chi connectivity index (χ2v) is 11.3. The molecule has 0 saturated heterocycles. The molecule has 9 nitrogen and oxygen atoms in total. The number of amides is 1. The van der Waals surface area contributed by atoms with Crippen LogP contribution >= 0.6 is 11.6 Å². The third kappa shape index (κ3) is 6.60. The van der Waals surface area contributed by atoms with E-state index in [0.29, 0.717) is 42.8 Å². The van der Waals surface area contributed by atoms with Crippen molar-refractivity contribution in [2.75, 3.05) is 32.1 Å². The van der Waals surface area contributed by atoms with E-state index in [1.807, 2.05) is 0 Å². The molecule has 198 valence electrons. The van der Waals surface area contributed by atoms with E-state index in [-0.39, 0.29) is 24.1 Å². The number of hydrogen-bond donors (Lipinski definition) is 4. The minimum atomic E-state index is -0.927. The lowest BCUT2D eigenvalue weighted by atomic mass is 9.92. The molecule has 2 aliphatic carbocycles. The van der Waals surface area contributed by atoms with Gasteiger partial charge in [0.15, 0.2) is 0 Å². The molecule has 2 atom stereocenters. The average Bonchev–Trinajstić information content (AvgIpc) is 3.23. The van der Waals surface area contributed by atoms with Gasteiger partial charge in [0.1, 0.15) is 18.0 Å². The monoisotopic (exact) mass is 523 g/mol. The zero-order valence-corrected chi connectivity index (χ0v) is 21.6. The minimum Gasteiger partial charge on any atom is -0.395 e. The summed E-state index contributed by atoms with van der Waals surface area (Å²) in [6.45, 7) is 4.29. The summed E-state index contributed by atoms with van der Waals surface area (Å²) in [7, 11) is 1.78. The minimum absolute atomic E-state index is 0.0404. The summed E-state index contributed by atoms with van der Waals surface area (Å²) in [4.78, 5) is 25.3. The van der Waals surface area contributed by atoms with Crippen LogP contribution < -0.4 is 10.2 Å². The first-order chi connectivity index (χ1) is 16.9. The van der Waals surface area contributed by atoms with Crippen molar-refractivity contribution in [3.63, 3.8) is 0 Å². The van der Waals surface area contributed by atoms with Gasteiger partial charge in [0.05, 0.1) is 35.4 Å². The average molecular weight is 524 g/mol. The number of H-pyrrole nitrogens is 1. The number of halogens is 2. The number of hydrogen-bond acceptors (Lipinski definition) is 5. The maximum atomic E-state index is 13.3. The number of carbonyl (C=O) groups excluding carboxylic acids is 1. The molecule has 4 N–H and O–H groups in total. The van der Waals surface area contributed by atoms with Gasteiger partial charge in [0, 0.05) is 19.3 Å². The van der Waals surface area contributed by atoms with Gasteiger partial charge in [-0.1, -0.05) is 11.6 Å². The first kappa shape index (κ1) is 26.5. The van der Waals surface area contributed by atoms with Gasteiger partial charge in [0.2, 0.25) is 5.91 Å². The molecule has 1 heterocycles. The lowest BCUT2D eigenvalue weighted by molar-refractivity contribution is -0.116. The van der Waals surface area contributed by atoms with Crippen LogP contribution in [-0.2, 0) is 10.4 Å². The van der Waals surface area contributed by atoms with Crippen LogP contribution in [-0.4, -0.2) is 69.6 Å². The van der Waals surface area contributed by atoms with E-state index in [4.69, 9.17) is 16.4 Å². The summed E-state index contributed by atoms with van der Waals surface area (Å²) in [6, 6.07) is 4.05. The standard InChI is InChI=1S/C25H35ClFN5O4/c1-24(2,34)14-36-32-12-22(30-32)25(35)9-17-6-16(7-18(17)10-25)11-28-15-31(3)13-23(33)29-19-4-5-21(27)20(26)8-19/h4-5,8,12,15-18,30,34-35H,6-7,9-11,13-14H2,1-3H3,(H,29,33). The predicted octanol–water partition coefficient (Wildman–Crippen LogP) is 3.03. The van der Waals surface area contributed by atoms with Crippen molar-refractivity contribution in [2.24, 2.45) is 22.7 Å². The highest BCUT2D eigenvalue weighted by molar-refractivity contribution is 6.31. The highest BCUT2D eigenvalue weighted by atomic mass is 35.5. The number of carbonyl (C=O) groups is 1. The number of benzene rings is 1. The predicted molar refractivity (Wildman–Crippen MR) is 135 cm³/mol. The molecule has 2 aliphatic rings. The zero-order valence-electron chi connectivity index (χ0n) is 20.9. The Balaban J connectivity index is 1.17. The molecule has 0 bridgehead atoms. The van der Waals surface area contributed by atoms with Crippen LogP contribution in [0.3, 0.4) is 0 Å². The van der Waals surface area contributed by atoms with Gasteiger partial charge in [-0.25, -0.2) is 4.39 Å². The SMILES string of the molecule is CN(C=NCC1CC2CC(O)(c3cn(OCC(C)(C)O)[nH]3)CC2C1)CC(=O)Nc1ccc(F)c(Cl)c1. The number of anilines is 1. The molecule has 2 saturated carbocycles. The van der Waals surface area contributed by atoms with E-state index in [0.717, 1.165) is 18.5 Å². The first-order valence-electron chi connectivity index (χ1n) is 12.2. The van der Waals surface area contributed by atoms with Gasteiger partial charge in [-0.15, -0.1) is 4.85 Å². The third-order valence-corrected chi connectivity index (χ3v) is 7.20. The smallest absolute Gasteiger partial charge is 0.243 e. The summed E-state index contributed by atoms with van der Waals surface area (Å²) in [5.41, 5.74) is -0.577. The van der Waals surface area contributed by atoms with E-state index in [1.165, 1.54) is 23.0 Å². The van der Waals surface area contributed by atoms with Crippen LogP contribution in [0.4, 0.5) is 10.1 Å². The summed E-state index contributed by atoms with van der Waals surface area (Å²) in [5, 5.41) is 26.6. The Morgan fingerprint density at radius 1 is 1.42 bits per heavy atom. The fourth-order valence-corrected chi connectivity index (χ4v) is 5.47. The van der Waals surface area contributed by atoms with Crippen LogP contribution in [0.25, 0.3) is 0 Å². The second-order valence-electron chi connectivity index (χ2n) is 10.9. The van der Waals surface area contributed by atoms with Gasteiger partial charge in [-0.3, -0.25) is 14.9 Å². The second kappa shape index (κ2) is 10.4. The van der Waals surface area contributed by atoms with Crippen LogP contribution in [0.2, 0.25) is 5.02 Å². The molecule has 4 rings (SSSR count). The van der Waals surface area contributed by atoms with Gasteiger partial charge in [-0.05, 0) is 75.5 Å². The number of nitrogens with zero attached hydrogens (tertiary/aromatic N) is 3. The Bertz CT molecular complexity index is 1070. The normalized spacial score (nSPS) is 25.9. The summed E-state index contributed by atoms with van der Waals surface area (Å²) >= 11 is 5.75. The molecule has 2 unspecified atom stereocenters. The van der Waals surface area contributed by atoms with Gasteiger partial charge < -0.3 is 25.3 Å². The molecule has 36 heavy (non-hydrogen) atoms. The lowest BCUT2D eigenvalue weighted by Gasteiger charge is -2.29. The molecule has 2 aromatic rings. The Labute approximate surface area is 215 Å². The molecule has 0 aliphatic heterocycles. The molecular formula is C25H35ClFN5O4. The highest BCUT2D eigenvalue weighted by Crippen LogP contribution is 2.54. The Hall–Kier alpha value is -2.56. The van der Waals surface area contributed by atoms with Crippen LogP contribution in [0.15, 0.2) is 29.4 Å². The Morgan fingerprint density at radius 2 is 2.08 bits per heavy atom. The number of aromatic amines is 1. The number of fused-ring (bicyclic) bond motifs is 1. The fraction of sp³-hybridized carbons (Fsp3) is 0.600. The fourth-order valence-electron chi connectivity index (χ4n) is 5.29. The van der Waals surface area contributed by atoms with Crippen molar-refractivity contribution >= 4 is 29.5 Å². The molecule has 0 radical (unpaired) electrons. The van der Waals surface area contributed by atoms with Crippen molar-refractivity contribution < 1.29 is 24.2 Å². The number of likely N-dealkylation sites (N-methyl/N-ethyl adjacent to an activating group) is 1. The van der Waals surface area contributed by atoms with Crippen molar-refractivity contribution in [3.05, 3.63) is 40.9 Å². The number of rotatable bonds is 10. The van der Waals surface area contributed by atoms with Crippen LogP contribution in [0.5, 0.6) is 0 Å². The largest absolute Gasteiger partial charge is 0.395 e. The molecular weight excluding hydrogens is 489 g/mol. The lowest BCUT2D eigenvalue weighted by Crippen LogP contribution is -2.37. The van der Waals surface area contributed by atoms with Crippen molar-refractivity contribution in [2.45, 2.75) is 50.7 Å². The van der Waals surface area contributed by atoms with Crippen molar-refractivity contribution in [1.82, 2.24) is 14.8 Å². The number of aromatic nitrogens is 2. The molecule has 1 aromatic carbocycles. The number of aliphatic hydroxyl groups is 2. The maximum absolute atomic E-state index is 13.3. The van der Waals surface area contributed by atoms with Crippen LogP contribution in [0, 0.1) is 23.6 Å². The van der Waals surface area contributed by atoms with E-state index in [1.54, 1.807) is 38.3 Å². The highest BCUT2D eigenvalue weighted by Gasteiger charge is 2.50. The molecule has 1 aromatic heterocycles. The molecule has 2 fully saturated rings. The quantitative estimate of drug-likeness (QED) is 0.282. The molecule has 1 amide bonds. The van der Waals surface area contributed by atoms with E-state index >= 15 is 0 Å². The number of aliphatic imine (C=N–C) groups is 1. The third-order valence-electron chi connectivity index (χ3n) is 6.91. The van der Waals surface area contributed by atoms with Crippen LogP contribution in [0.1, 0.15) is 45.2 Å². The first-order valence-corrected chi connectivity index (χ1v) is 12.6. The summed E-state index contributed by atoms with van der Waals surface area (Å²) in [5.74, 6) is 0.588. The molecule has 0 spiro atoms. The van der Waals surface area contributed by atoms with E-state index < -0.39 is 17.0 Å². The maximum Gasteiger partial charge on any atom is 0.243 e. The van der Waals surface area contributed by atoms with Crippen molar-refractivity contribution in [3.8, 4) is 0 Å². The van der Waals surface area contributed by atoms with E-state index in [9.17, 15) is 19.4 Å². The van der Waals surface area contributed by atoms with E-state index in [2.05, 4.69) is 15.4 Å². The summed E-state index contributed by atoms with van der Waals surface area (Å²) in [6.07, 6.45) is 6.89.